The van der Waals surface area contributed by atoms with E-state index in [9.17, 15) is 4.79 Å². The van der Waals surface area contributed by atoms with Gasteiger partial charge >= 0.3 is 5.97 Å². The molecule has 0 spiro atoms. The van der Waals surface area contributed by atoms with E-state index in [2.05, 4.69) is 36.6 Å². The number of carbonyl (C=O) groups excluding carboxylic acids is 1. The lowest BCUT2D eigenvalue weighted by Gasteiger charge is -2.22. The van der Waals surface area contributed by atoms with Crippen molar-refractivity contribution < 1.29 is 14.3 Å². The van der Waals surface area contributed by atoms with Gasteiger partial charge in [-0.25, -0.2) is 0 Å². The fourth-order valence-corrected chi connectivity index (χ4v) is 3.14. The highest BCUT2D eigenvalue weighted by molar-refractivity contribution is 5.88. The fourth-order valence-electron chi connectivity index (χ4n) is 3.14. The van der Waals surface area contributed by atoms with Gasteiger partial charge in [-0.2, -0.15) is 0 Å². The molecule has 1 aliphatic heterocycles. The normalized spacial score (nSPS) is 18.2. The highest BCUT2D eigenvalue weighted by atomic mass is 16.6. The molecule has 2 N–H and O–H groups in total. The summed E-state index contributed by atoms with van der Waals surface area (Å²) in [4.78, 5) is 12.4. The minimum absolute atomic E-state index is 0.181. The standard InChI is InChI=1S/C21H28N2O3/c1-15(2)23-13-17(26-21(24)19-10-6-12-22-19)14-25-20-11-5-8-16-7-3-4-9-18(16)20/h3-5,7-9,11,15,17,19,22-23H,6,10,12-14H2,1-2H3/t17?,19-/m0/s1. The summed E-state index contributed by atoms with van der Waals surface area (Å²) in [7, 11) is 0. The highest BCUT2D eigenvalue weighted by Crippen LogP contribution is 2.25. The predicted octanol–water partition coefficient (Wildman–Crippen LogP) is 2.88. The number of hydrogen-bond acceptors (Lipinski definition) is 5. The van der Waals surface area contributed by atoms with E-state index in [1.54, 1.807) is 0 Å². The van der Waals surface area contributed by atoms with E-state index in [1.165, 1.54) is 0 Å². The lowest BCUT2D eigenvalue weighted by molar-refractivity contribution is -0.152. The number of benzene rings is 2. The van der Waals surface area contributed by atoms with Gasteiger partial charge in [-0.15, -0.1) is 0 Å². The quantitative estimate of drug-likeness (QED) is 0.712. The van der Waals surface area contributed by atoms with Crippen LogP contribution in [-0.4, -0.2) is 43.9 Å². The lowest BCUT2D eigenvalue weighted by atomic mass is 10.1. The molecule has 1 fully saturated rings. The molecule has 5 nitrogen and oxygen atoms in total. The first-order valence-electron chi connectivity index (χ1n) is 9.41. The summed E-state index contributed by atoms with van der Waals surface area (Å²) in [5.74, 6) is 0.632. The summed E-state index contributed by atoms with van der Waals surface area (Å²) >= 11 is 0. The van der Waals surface area contributed by atoms with Crippen molar-refractivity contribution in [3.05, 3.63) is 42.5 Å². The van der Waals surface area contributed by atoms with E-state index in [1.807, 2.05) is 30.3 Å². The van der Waals surface area contributed by atoms with Crippen molar-refractivity contribution in [3.63, 3.8) is 0 Å². The molecule has 1 aliphatic rings. The Morgan fingerprint density at radius 2 is 2.04 bits per heavy atom. The van der Waals surface area contributed by atoms with Gasteiger partial charge in [-0.05, 0) is 30.8 Å². The molecule has 1 saturated heterocycles. The van der Waals surface area contributed by atoms with Gasteiger partial charge in [0.15, 0.2) is 0 Å². The SMILES string of the molecule is CC(C)NCC(COc1cccc2ccccc12)OC(=O)[C@@H]1CCCN1. The van der Waals surface area contributed by atoms with Crippen molar-refractivity contribution in [1.82, 2.24) is 10.6 Å². The Morgan fingerprint density at radius 1 is 1.23 bits per heavy atom. The summed E-state index contributed by atoms with van der Waals surface area (Å²) < 4.78 is 11.8. The van der Waals surface area contributed by atoms with E-state index in [4.69, 9.17) is 9.47 Å². The second-order valence-corrected chi connectivity index (χ2v) is 7.06. The molecule has 2 aromatic rings. The van der Waals surface area contributed by atoms with Gasteiger partial charge in [0.05, 0.1) is 0 Å². The molecule has 140 valence electrons. The van der Waals surface area contributed by atoms with Gasteiger partial charge in [0.1, 0.15) is 24.5 Å². The number of ether oxygens (including phenoxy) is 2. The lowest BCUT2D eigenvalue weighted by Crippen LogP contribution is -2.42. The van der Waals surface area contributed by atoms with Crippen LogP contribution in [0.1, 0.15) is 26.7 Å². The van der Waals surface area contributed by atoms with Crippen LogP contribution in [0.4, 0.5) is 0 Å². The summed E-state index contributed by atoms with van der Waals surface area (Å²) in [5, 5.41) is 8.72. The zero-order chi connectivity index (χ0) is 18.4. The van der Waals surface area contributed by atoms with Crippen LogP contribution in [0.3, 0.4) is 0 Å². The van der Waals surface area contributed by atoms with Crippen molar-refractivity contribution in [3.8, 4) is 5.75 Å². The van der Waals surface area contributed by atoms with Crippen LogP contribution in [0.2, 0.25) is 0 Å². The molecule has 0 saturated carbocycles. The predicted molar refractivity (Wildman–Crippen MR) is 103 cm³/mol. The van der Waals surface area contributed by atoms with Gasteiger partial charge in [-0.3, -0.25) is 4.79 Å². The molecule has 0 aromatic heterocycles. The van der Waals surface area contributed by atoms with E-state index < -0.39 is 0 Å². The van der Waals surface area contributed by atoms with Crippen LogP contribution >= 0.6 is 0 Å². The Bertz CT molecular complexity index is 721. The van der Waals surface area contributed by atoms with Crippen LogP contribution < -0.4 is 15.4 Å². The maximum Gasteiger partial charge on any atom is 0.323 e. The maximum atomic E-state index is 12.4. The van der Waals surface area contributed by atoms with E-state index in [0.29, 0.717) is 19.2 Å². The maximum absolute atomic E-state index is 12.4. The third-order valence-corrected chi connectivity index (χ3v) is 4.56. The van der Waals surface area contributed by atoms with Gasteiger partial charge in [0, 0.05) is 18.0 Å². The van der Waals surface area contributed by atoms with Crippen molar-refractivity contribution in [1.29, 1.82) is 0 Å². The number of carbonyl (C=O) groups is 1. The summed E-state index contributed by atoms with van der Waals surface area (Å²) in [5.41, 5.74) is 0. The van der Waals surface area contributed by atoms with Gasteiger partial charge in [-0.1, -0.05) is 50.2 Å². The number of rotatable bonds is 8. The zero-order valence-electron chi connectivity index (χ0n) is 15.5. The van der Waals surface area contributed by atoms with Crippen molar-refractivity contribution in [2.45, 2.75) is 44.9 Å². The average molecular weight is 356 g/mol. The smallest absolute Gasteiger partial charge is 0.323 e. The molecule has 5 heteroatoms. The second kappa shape index (κ2) is 9.01. The summed E-state index contributed by atoms with van der Waals surface area (Å²) in [6.45, 7) is 5.92. The molecule has 3 rings (SSSR count). The number of esters is 1. The molecular formula is C21H28N2O3. The summed E-state index contributed by atoms with van der Waals surface area (Å²) in [6, 6.07) is 14.2. The summed E-state index contributed by atoms with van der Waals surface area (Å²) in [6.07, 6.45) is 1.53. The Kier molecular flexibility index (Phi) is 6.47. The molecule has 2 aromatic carbocycles. The zero-order valence-corrected chi connectivity index (χ0v) is 15.5. The van der Waals surface area contributed by atoms with Crippen molar-refractivity contribution in [2.75, 3.05) is 19.7 Å². The Morgan fingerprint density at radius 3 is 2.81 bits per heavy atom. The molecule has 0 amide bonds. The second-order valence-electron chi connectivity index (χ2n) is 7.06. The molecule has 1 heterocycles. The van der Waals surface area contributed by atoms with Crippen LogP contribution in [-0.2, 0) is 9.53 Å². The van der Waals surface area contributed by atoms with E-state index in [-0.39, 0.29) is 18.1 Å². The highest BCUT2D eigenvalue weighted by Gasteiger charge is 2.26. The number of hydrogen-bond donors (Lipinski definition) is 2. The van der Waals surface area contributed by atoms with E-state index >= 15 is 0 Å². The third kappa shape index (κ3) is 4.96. The van der Waals surface area contributed by atoms with Crippen LogP contribution in [0.15, 0.2) is 42.5 Å². The number of nitrogens with one attached hydrogen (secondary N) is 2. The Hall–Kier alpha value is -2.11. The van der Waals surface area contributed by atoms with E-state index in [0.717, 1.165) is 35.9 Å². The minimum Gasteiger partial charge on any atom is -0.489 e. The largest absolute Gasteiger partial charge is 0.489 e. The molecule has 26 heavy (non-hydrogen) atoms. The van der Waals surface area contributed by atoms with Crippen LogP contribution in [0, 0.1) is 0 Å². The van der Waals surface area contributed by atoms with Crippen LogP contribution in [0.25, 0.3) is 10.8 Å². The fraction of sp³-hybridized carbons (Fsp3) is 0.476. The van der Waals surface area contributed by atoms with Gasteiger partial charge < -0.3 is 20.1 Å². The van der Waals surface area contributed by atoms with Crippen molar-refractivity contribution in [2.24, 2.45) is 0 Å². The minimum atomic E-state index is -0.328. The first-order chi connectivity index (χ1) is 12.6. The Labute approximate surface area is 155 Å². The molecule has 0 bridgehead atoms. The average Bonchev–Trinajstić information content (AvgIpc) is 3.18. The molecule has 2 atom stereocenters. The number of fused-ring (bicyclic) bond motifs is 1. The molecule has 0 radical (unpaired) electrons. The Balaban J connectivity index is 1.65. The topological polar surface area (TPSA) is 59.6 Å². The van der Waals surface area contributed by atoms with Crippen LogP contribution in [0.5, 0.6) is 5.75 Å². The monoisotopic (exact) mass is 356 g/mol. The first-order valence-corrected chi connectivity index (χ1v) is 9.41. The molecule has 1 unspecified atom stereocenters. The molecular weight excluding hydrogens is 328 g/mol. The van der Waals surface area contributed by atoms with Gasteiger partial charge in [0.25, 0.3) is 0 Å². The first kappa shape index (κ1) is 18.7. The van der Waals surface area contributed by atoms with Crippen molar-refractivity contribution >= 4 is 16.7 Å². The third-order valence-electron chi connectivity index (χ3n) is 4.56. The van der Waals surface area contributed by atoms with Gasteiger partial charge in [0.2, 0.25) is 0 Å². The molecule has 0 aliphatic carbocycles.